The molecule has 0 amide bonds. The molecule has 0 aliphatic carbocycles. The predicted octanol–water partition coefficient (Wildman–Crippen LogP) is 3.83. The lowest BCUT2D eigenvalue weighted by atomic mass is 10.1. The number of unbranched alkanes of at least 4 members (excludes halogenated alkanes) is 5. The van der Waals surface area contributed by atoms with Crippen molar-refractivity contribution in [2.24, 2.45) is 0 Å². The second-order valence-corrected chi connectivity index (χ2v) is 8.67. The van der Waals surface area contributed by atoms with Gasteiger partial charge in [-0.1, -0.05) is 58.5 Å². The van der Waals surface area contributed by atoms with Crippen LogP contribution in [0.2, 0.25) is 19.1 Å². The van der Waals surface area contributed by atoms with Gasteiger partial charge in [0.05, 0.1) is 0 Å². The van der Waals surface area contributed by atoms with Crippen molar-refractivity contribution >= 4 is 8.24 Å². The molecule has 0 atom stereocenters. The first-order valence-corrected chi connectivity index (χ1v) is 8.52. The molecule has 0 saturated heterocycles. The molecule has 1 N–H and O–H groups in total. The first kappa shape index (κ1) is 12.2. The van der Waals surface area contributed by atoms with Crippen molar-refractivity contribution < 1.29 is 0 Å². The Morgan fingerprint density at radius 2 is 1.42 bits per heavy atom. The van der Waals surface area contributed by atoms with Gasteiger partial charge in [0.1, 0.15) is 8.24 Å². The van der Waals surface area contributed by atoms with E-state index in [0.29, 0.717) is 0 Å². The van der Waals surface area contributed by atoms with Gasteiger partial charge >= 0.3 is 0 Å². The summed E-state index contributed by atoms with van der Waals surface area (Å²) < 4.78 is 0. The van der Waals surface area contributed by atoms with E-state index in [-0.39, 0.29) is 0 Å². The van der Waals surface area contributed by atoms with Crippen LogP contribution in [0.15, 0.2) is 0 Å². The van der Waals surface area contributed by atoms with E-state index in [1.165, 1.54) is 44.6 Å². The Bertz CT molecular complexity index is 96.5. The van der Waals surface area contributed by atoms with Crippen molar-refractivity contribution in [3.8, 4) is 0 Å². The molecule has 0 saturated carbocycles. The lowest BCUT2D eigenvalue weighted by molar-refractivity contribution is 0.622. The summed E-state index contributed by atoms with van der Waals surface area (Å²) in [4.78, 5) is 0. The number of hydrogen-bond acceptors (Lipinski definition) is 0. The Kier molecular flexibility index (Phi) is 6.77. The highest BCUT2D eigenvalue weighted by Gasteiger charge is 2.13. The molecule has 0 aromatic carbocycles. The van der Waals surface area contributed by atoms with Crippen molar-refractivity contribution in [1.82, 2.24) is 5.40 Å². The maximum absolute atomic E-state index is 7.79. The molecule has 1 radical (unpaired) electrons. The summed E-state index contributed by atoms with van der Waals surface area (Å²) in [6.45, 7) is 6.53. The lowest BCUT2D eigenvalue weighted by Gasteiger charge is -2.13. The Morgan fingerprint density at radius 1 is 0.917 bits per heavy atom. The Balaban J connectivity index is 3.01. The molecule has 0 heterocycles. The molecule has 0 bridgehead atoms. The van der Waals surface area contributed by atoms with E-state index >= 15 is 0 Å². The van der Waals surface area contributed by atoms with Gasteiger partial charge in [-0.15, -0.1) is 0 Å². The van der Waals surface area contributed by atoms with Gasteiger partial charge in [-0.05, 0) is 6.04 Å². The van der Waals surface area contributed by atoms with Gasteiger partial charge in [0.2, 0.25) is 0 Å². The molecule has 0 aliphatic rings. The molecule has 0 aromatic rings. The molecule has 0 unspecified atom stereocenters. The van der Waals surface area contributed by atoms with Crippen molar-refractivity contribution in [2.45, 2.75) is 64.6 Å². The minimum Gasteiger partial charge on any atom is -0.285 e. The smallest absolute Gasteiger partial charge is 0.134 e. The quantitative estimate of drug-likeness (QED) is 0.426. The van der Waals surface area contributed by atoms with E-state index in [2.05, 4.69) is 20.0 Å². The summed E-state index contributed by atoms with van der Waals surface area (Å²) in [5.74, 6) is 0. The summed E-state index contributed by atoms with van der Waals surface area (Å²) in [6.07, 6.45) is 8.16. The molecule has 1 nitrogen and oxygen atoms in total. The van der Waals surface area contributed by atoms with Crippen molar-refractivity contribution in [3.05, 3.63) is 0 Å². The Hall–Kier alpha value is 0.177. The van der Waals surface area contributed by atoms with Crippen molar-refractivity contribution in [3.63, 3.8) is 0 Å². The van der Waals surface area contributed by atoms with Crippen molar-refractivity contribution in [1.29, 1.82) is 0 Å². The van der Waals surface area contributed by atoms with Gasteiger partial charge < -0.3 is 0 Å². The van der Waals surface area contributed by atoms with E-state index in [1.54, 1.807) is 0 Å². The minimum atomic E-state index is -1.48. The topological polar surface area (TPSA) is 23.8 Å². The molecular weight excluding hydrogens is 162 g/mol. The summed E-state index contributed by atoms with van der Waals surface area (Å²) in [7, 11) is -1.48. The molecule has 12 heavy (non-hydrogen) atoms. The third kappa shape index (κ3) is 10.2. The van der Waals surface area contributed by atoms with Gasteiger partial charge in [-0.25, -0.2) is 0 Å². The second-order valence-electron chi connectivity index (χ2n) is 4.40. The van der Waals surface area contributed by atoms with Gasteiger partial charge in [0.25, 0.3) is 0 Å². The zero-order valence-electron chi connectivity index (χ0n) is 8.95. The number of nitrogens with one attached hydrogen (secondary N) is 1. The lowest BCUT2D eigenvalue weighted by Crippen LogP contribution is -2.26. The van der Waals surface area contributed by atoms with Crippen LogP contribution in [-0.4, -0.2) is 8.24 Å². The van der Waals surface area contributed by atoms with Crippen LogP contribution in [0.25, 0.3) is 0 Å². The third-order valence-corrected chi connectivity index (χ3v) is 3.76. The average molecular weight is 186 g/mol. The van der Waals surface area contributed by atoms with Gasteiger partial charge in [0.15, 0.2) is 0 Å². The standard InChI is InChI=1S/C10H24NSi/c1-4-5-6-7-8-9-10-12(2,3)11/h11H,4-10H2,1-3H3. The molecule has 0 aliphatic heterocycles. The largest absolute Gasteiger partial charge is 0.285 e. The fourth-order valence-corrected chi connectivity index (χ4v) is 2.48. The minimum absolute atomic E-state index is 1.19. The van der Waals surface area contributed by atoms with Crippen LogP contribution in [0.4, 0.5) is 0 Å². The molecule has 0 rings (SSSR count). The van der Waals surface area contributed by atoms with E-state index < -0.39 is 8.24 Å². The van der Waals surface area contributed by atoms with Crippen LogP contribution in [0.1, 0.15) is 45.4 Å². The predicted molar refractivity (Wildman–Crippen MR) is 58.8 cm³/mol. The summed E-state index contributed by atoms with van der Waals surface area (Å²) >= 11 is 0. The van der Waals surface area contributed by atoms with Crippen LogP contribution in [0.3, 0.4) is 0 Å². The first-order chi connectivity index (χ1) is 5.56. The van der Waals surface area contributed by atoms with Gasteiger partial charge in [-0.3, -0.25) is 5.40 Å². The van der Waals surface area contributed by atoms with Crippen LogP contribution < -0.4 is 5.40 Å². The molecule has 0 aromatic heterocycles. The van der Waals surface area contributed by atoms with Crippen LogP contribution in [0, 0.1) is 0 Å². The highest BCUT2D eigenvalue weighted by molar-refractivity contribution is 6.73. The number of rotatable bonds is 7. The summed E-state index contributed by atoms with van der Waals surface area (Å²) in [6, 6.07) is 1.19. The van der Waals surface area contributed by atoms with E-state index in [1.807, 2.05) is 0 Å². The maximum atomic E-state index is 7.79. The number of hydrogen-bond donors (Lipinski definition) is 0. The maximum Gasteiger partial charge on any atom is 0.134 e. The second kappa shape index (κ2) is 6.67. The zero-order valence-corrected chi connectivity index (χ0v) is 9.95. The van der Waals surface area contributed by atoms with Crippen LogP contribution >= 0.6 is 0 Å². The molecule has 0 spiro atoms. The molecule has 73 valence electrons. The molecule has 0 fully saturated rings. The summed E-state index contributed by atoms with van der Waals surface area (Å²) in [5.41, 5.74) is 0. The first-order valence-electron chi connectivity index (χ1n) is 5.31. The van der Waals surface area contributed by atoms with E-state index in [4.69, 9.17) is 5.40 Å². The van der Waals surface area contributed by atoms with Crippen LogP contribution in [-0.2, 0) is 0 Å². The zero-order chi connectivity index (χ0) is 9.45. The van der Waals surface area contributed by atoms with E-state index in [0.717, 1.165) is 0 Å². The highest BCUT2D eigenvalue weighted by atomic mass is 28.3. The van der Waals surface area contributed by atoms with E-state index in [9.17, 15) is 0 Å². The monoisotopic (exact) mass is 186 g/mol. The highest BCUT2D eigenvalue weighted by Crippen LogP contribution is 2.12. The molecular formula is C10H24NSi. The average Bonchev–Trinajstić information content (AvgIpc) is 1.94. The SMILES string of the molecule is CCCCCCCC[Si](C)(C)[NH]. The van der Waals surface area contributed by atoms with Gasteiger partial charge in [0, 0.05) is 0 Å². The normalized spacial score (nSPS) is 12.0. The Labute approximate surface area is 78.8 Å². The van der Waals surface area contributed by atoms with Crippen LogP contribution in [0.5, 0.6) is 0 Å². The molecule has 2 heteroatoms. The van der Waals surface area contributed by atoms with Crippen molar-refractivity contribution in [2.75, 3.05) is 0 Å². The Morgan fingerprint density at radius 3 is 1.92 bits per heavy atom. The fraction of sp³-hybridized carbons (Fsp3) is 1.00. The fourth-order valence-electron chi connectivity index (χ4n) is 1.35. The summed E-state index contributed by atoms with van der Waals surface area (Å²) in [5, 5.41) is 7.79. The third-order valence-electron chi connectivity index (χ3n) is 2.16. The van der Waals surface area contributed by atoms with Gasteiger partial charge in [-0.2, -0.15) is 0 Å².